The van der Waals surface area contributed by atoms with E-state index in [1.807, 2.05) is 6.07 Å². The molecule has 0 spiro atoms. The van der Waals surface area contributed by atoms with Gasteiger partial charge >= 0.3 is 6.03 Å². The average Bonchev–Trinajstić information content (AvgIpc) is 3.21. The van der Waals surface area contributed by atoms with E-state index in [9.17, 15) is 9.90 Å². The summed E-state index contributed by atoms with van der Waals surface area (Å²) in [4.78, 5) is 16.5. The van der Waals surface area contributed by atoms with Crippen LogP contribution in [0.2, 0.25) is 0 Å². The monoisotopic (exact) mass is 341 g/mol. The van der Waals surface area contributed by atoms with Gasteiger partial charge in [-0.2, -0.15) is 5.10 Å². The first-order chi connectivity index (χ1) is 12.1. The molecule has 0 radical (unpaired) electrons. The smallest absolute Gasteiger partial charge is 0.315 e. The molecule has 0 saturated heterocycles. The number of hydrogen-bond acceptors (Lipinski definition) is 4. The molecule has 1 aromatic heterocycles. The van der Waals surface area contributed by atoms with E-state index in [1.165, 1.54) is 16.7 Å². The SMILES string of the molecule is Cc1cccc2c1CCC2NC(=O)NCc1nc(C(O)C2CC2)n[nH]1. The van der Waals surface area contributed by atoms with Crippen molar-refractivity contribution in [1.29, 1.82) is 0 Å². The predicted octanol–water partition coefficient (Wildman–Crippen LogP) is 2.04. The highest BCUT2D eigenvalue weighted by atomic mass is 16.3. The molecular formula is C18H23N5O2. The lowest BCUT2D eigenvalue weighted by molar-refractivity contribution is 0.144. The number of aryl methyl sites for hydroxylation is 1. The maximum absolute atomic E-state index is 12.2. The van der Waals surface area contributed by atoms with Crippen molar-refractivity contribution in [3.05, 3.63) is 46.5 Å². The van der Waals surface area contributed by atoms with Crippen molar-refractivity contribution in [2.24, 2.45) is 5.92 Å². The second-order valence-electron chi connectivity index (χ2n) is 6.98. The van der Waals surface area contributed by atoms with Crippen molar-refractivity contribution in [3.63, 3.8) is 0 Å². The van der Waals surface area contributed by atoms with Crippen molar-refractivity contribution in [2.45, 2.75) is 51.3 Å². The number of aliphatic hydroxyl groups excluding tert-OH is 1. The number of fused-ring (bicyclic) bond motifs is 1. The summed E-state index contributed by atoms with van der Waals surface area (Å²) in [6.45, 7) is 2.36. The molecule has 2 atom stereocenters. The molecule has 4 N–H and O–H groups in total. The minimum Gasteiger partial charge on any atom is -0.385 e. The lowest BCUT2D eigenvalue weighted by Gasteiger charge is -2.15. The number of nitrogens with one attached hydrogen (secondary N) is 3. The summed E-state index contributed by atoms with van der Waals surface area (Å²) in [6, 6.07) is 6.06. The molecule has 2 unspecified atom stereocenters. The van der Waals surface area contributed by atoms with E-state index in [-0.39, 0.29) is 24.5 Å². The number of aromatic nitrogens is 3. The van der Waals surface area contributed by atoms with Crippen molar-refractivity contribution in [3.8, 4) is 0 Å². The van der Waals surface area contributed by atoms with E-state index in [2.05, 4.69) is 44.9 Å². The number of H-pyrrole nitrogens is 1. The van der Waals surface area contributed by atoms with Gasteiger partial charge in [0, 0.05) is 0 Å². The maximum Gasteiger partial charge on any atom is 0.315 e. The third-order valence-corrected chi connectivity index (χ3v) is 5.11. The van der Waals surface area contributed by atoms with Gasteiger partial charge in [0.05, 0.1) is 12.6 Å². The minimum absolute atomic E-state index is 0.0527. The van der Waals surface area contributed by atoms with Gasteiger partial charge in [-0.3, -0.25) is 5.10 Å². The second kappa shape index (κ2) is 6.48. The zero-order valence-electron chi connectivity index (χ0n) is 14.2. The number of urea groups is 1. The first-order valence-corrected chi connectivity index (χ1v) is 8.84. The Hall–Kier alpha value is -2.41. The maximum atomic E-state index is 12.2. The lowest BCUT2D eigenvalue weighted by atomic mass is 10.0. The highest BCUT2D eigenvalue weighted by molar-refractivity contribution is 5.74. The topological polar surface area (TPSA) is 103 Å². The fourth-order valence-electron chi connectivity index (χ4n) is 3.50. The van der Waals surface area contributed by atoms with Crippen LogP contribution in [0.3, 0.4) is 0 Å². The molecule has 2 aliphatic rings. The largest absolute Gasteiger partial charge is 0.385 e. The Bertz CT molecular complexity index is 784. The van der Waals surface area contributed by atoms with E-state index >= 15 is 0 Å². The third-order valence-electron chi connectivity index (χ3n) is 5.11. The Balaban J connectivity index is 1.31. The number of amides is 2. The van der Waals surface area contributed by atoms with Gasteiger partial charge in [-0.25, -0.2) is 9.78 Å². The van der Waals surface area contributed by atoms with Crippen LogP contribution >= 0.6 is 0 Å². The number of hydrogen-bond donors (Lipinski definition) is 4. The van der Waals surface area contributed by atoms with Crippen LogP contribution in [0, 0.1) is 12.8 Å². The fourth-order valence-corrected chi connectivity index (χ4v) is 3.50. The molecule has 2 aliphatic carbocycles. The Labute approximate surface area is 146 Å². The Morgan fingerprint density at radius 2 is 2.24 bits per heavy atom. The van der Waals surface area contributed by atoms with Gasteiger partial charge in [-0.15, -0.1) is 0 Å². The molecule has 2 aromatic rings. The number of aromatic amines is 1. The van der Waals surface area contributed by atoms with E-state index in [0.29, 0.717) is 11.6 Å². The zero-order valence-corrected chi connectivity index (χ0v) is 14.2. The van der Waals surface area contributed by atoms with Crippen LogP contribution in [0.5, 0.6) is 0 Å². The van der Waals surface area contributed by atoms with Crippen molar-refractivity contribution < 1.29 is 9.90 Å². The van der Waals surface area contributed by atoms with Crippen LogP contribution in [0.15, 0.2) is 18.2 Å². The number of carbonyl (C=O) groups excluding carboxylic acids is 1. The lowest BCUT2D eigenvalue weighted by Crippen LogP contribution is -2.37. The van der Waals surface area contributed by atoms with Gasteiger partial charge in [-0.1, -0.05) is 18.2 Å². The van der Waals surface area contributed by atoms with Crippen LogP contribution in [-0.2, 0) is 13.0 Å². The fraction of sp³-hybridized carbons (Fsp3) is 0.500. The summed E-state index contributed by atoms with van der Waals surface area (Å²) < 4.78 is 0. The van der Waals surface area contributed by atoms with Gasteiger partial charge < -0.3 is 15.7 Å². The van der Waals surface area contributed by atoms with Crippen molar-refractivity contribution in [1.82, 2.24) is 25.8 Å². The molecule has 7 heteroatoms. The molecule has 132 valence electrons. The van der Waals surface area contributed by atoms with E-state index in [0.717, 1.165) is 25.7 Å². The molecular weight excluding hydrogens is 318 g/mol. The van der Waals surface area contributed by atoms with Crippen molar-refractivity contribution in [2.75, 3.05) is 0 Å². The van der Waals surface area contributed by atoms with Crippen LogP contribution in [0.4, 0.5) is 4.79 Å². The normalized spacial score (nSPS) is 20.2. The first-order valence-electron chi connectivity index (χ1n) is 8.84. The summed E-state index contributed by atoms with van der Waals surface area (Å²) in [5, 5.41) is 22.7. The summed E-state index contributed by atoms with van der Waals surface area (Å²) >= 11 is 0. The molecule has 4 rings (SSSR count). The number of carbonyl (C=O) groups is 1. The molecule has 1 heterocycles. The quantitative estimate of drug-likeness (QED) is 0.668. The van der Waals surface area contributed by atoms with Gasteiger partial charge in [0.2, 0.25) is 0 Å². The second-order valence-corrected chi connectivity index (χ2v) is 6.98. The molecule has 1 aromatic carbocycles. The van der Waals surface area contributed by atoms with Crippen LogP contribution in [0.25, 0.3) is 0 Å². The molecule has 1 fully saturated rings. The molecule has 7 nitrogen and oxygen atoms in total. The Morgan fingerprint density at radius 1 is 1.40 bits per heavy atom. The van der Waals surface area contributed by atoms with E-state index in [4.69, 9.17) is 0 Å². The van der Waals surface area contributed by atoms with Gasteiger partial charge in [-0.05, 0) is 55.2 Å². The summed E-state index contributed by atoms with van der Waals surface area (Å²) in [6.07, 6.45) is 3.37. The standard InChI is InChI=1S/C18H23N5O2/c1-10-3-2-4-13-12(10)7-8-14(13)20-18(25)19-9-15-21-17(23-22-15)16(24)11-5-6-11/h2-4,11,14,16,24H,5-9H2,1H3,(H2,19,20,25)(H,21,22,23). The predicted molar refractivity (Wildman–Crippen MR) is 91.7 cm³/mol. The summed E-state index contributed by atoms with van der Waals surface area (Å²) in [5.41, 5.74) is 3.84. The molecule has 25 heavy (non-hydrogen) atoms. The molecule has 2 amide bonds. The summed E-state index contributed by atoms with van der Waals surface area (Å²) in [7, 11) is 0. The Morgan fingerprint density at radius 3 is 3.04 bits per heavy atom. The minimum atomic E-state index is -0.600. The average molecular weight is 341 g/mol. The highest BCUT2D eigenvalue weighted by Crippen LogP contribution is 2.39. The third kappa shape index (κ3) is 3.37. The number of nitrogens with zero attached hydrogens (tertiary/aromatic N) is 2. The van der Waals surface area contributed by atoms with Gasteiger partial charge in [0.15, 0.2) is 5.82 Å². The van der Waals surface area contributed by atoms with E-state index < -0.39 is 6.10 Å². The van der Waals surface area contributed by atoms with Crippen LogP contribution in [0.1, 0.15) is 59.7 Å². The molecule has 0 aliphatic heterocycles. The van der Waals surface area contributed by atoms with Gasteiger partial charge in [0.1, 0.15) is 11.9 Å². The van der Waals surface area contributed by atoms with Crippen LogP contribution < -0.4 is 10.6 Å². The molecule has 0 bridgehead atoms. The van der Waals surface area contributed by atoms with Crippen molar-refractivity contribution >= 4 is 6.03 Å². The van der Waals surface area contributed by atoms with E-state index in [1.54, 1.807) is 0 Å². The first kappa shape index (κ1) is 16.1. The van der Waals surface area contributed by atoms with Gasteiger partial charge in [0.25, 0.3) is 0 Å². The molecule has 1 saturated carbocycles. The number of benzene rings is 1. The van der Waals surface area contributed by atoms with Crippen LogP contribution in [-0.4, -0.2) is 26.3 Å². The number of rotatable bonds is 5. The highest BCUT2D eigenvalue weighted by Gasteiger charge is 2.33. The number of aliphatic hydroxyl groups is 1. The summed E-state index contributed by atoms with van der Waals surface area (Å²) in [5.74, 6) is 1.25. The zero-order chi connectivity index (χ0) is 17.4. The Kier molecular flexibility index (Phi) is 4.17.